The molecule has 2 aromatic rings. The smallest absolute Gasteiger partial charge is 0.183 e. The fourth-order valence-electron chi connectivity index (χ4n) is 3.78. The van der Waals surface area contributed by atoms with E-state index in [9.17, 15) is 0 Å². The van der Waals surface area contributed by atoms with E-state index in [1.54, 1.807) is 0 Å². The van der Waals surface area contributed by atoms with Crippen LogP contribution in [-0.2, 0) is 28.5 Å². The molecule has 0 aliphatic carbocycles. The van der Waals surface area contributed by atoms with Gasteiger partial charge >= 0.3 is 0 Å². The molecule has 0 saturated heterocycles. The van der Waals surface area contributed by atoms with Crippen molar-refractivity contribution >= 4 is 16.6 Å². The largest absolute Gasteiger partial charge is 0.491 e. The van der Waals surface area contributed by atoms with E-state index in [2.05, 4.69) is 77.4 Å². The third-order valence-electron chi connectivity index (χ3n) is 6.04. The van der Waals surface area contributed by atoms with E-state index in [1.165, 1.54) is 11.1 Å². The minimum absolute atomic E-state index is 0.153. The second-order valence-corrected chi connectivity index (χ2v) is 21.2. The highest BCUT2D eigenvalue weighted by molar-refractivity contribution is 6.70. The van der Waals surface area contributed by atoms with Crippen molar-refractivity contribution in [3.63, 3.8) is 0 Å². The molecule has 0 unspecified atom stereocenters. The maximum Gasteiger partial charge on any atom is 0.183 e. The van der Waals surface area contributed by atoms with E-state index in [1.807, 2.05) is 24.3 Å². The lowest BCUT2D eigenvalue weighted by Gasteiger charge is -2.26. The van der Waals surface area contributed by atoms with Gasteiger partial charge in [-0.05, 0) is 74.7 Å². The summed E-state index contributed by atoms with van der Waals surface area (Å²) in [6, 6.07) is 16.6. The van der Waals surface area contributed by atoms with Crippen LogP contribution in [0.5, 0.6) is 11.5 Å². The second-order valence-electron chi connectivity index (χ2n) is 12.1. The van der Waals surface area contributed by atoms with Gasteiger partial charge in [0.1, 0.15) is 24.7 Å². The summed E-state index contributed by atoms with van der Waals surface area (Å²) in [5, 5.41) is 0. The van der Waals surface area contributed by atoms with Crippen molar-refractivity contribution in [3.8, 4) is 11.5 Å². The number of benzene rings is 2. The average Bonchev–Trinajstić information content (AvgIpc) is 2.88. The van der Waals surface area contributed by atoms with Gasteiger partial charge in [-0.3, -0.25) is 0 Å². The van der Waals surface area contributed by atoms with Gasteiger partial charge in [-0.1, -0.05) is 38.1 Å². The highest BCUT2D eigenvalue weighted by Gasteiger charge is 2.23. The van der Waals surface area contributed by atoms with Crippen molar-refractivity contribution in [3.05, 3.63) is 59.7 Å². The summed E-state index contributed by atoms with van der Waals surface area (Å²) in [6.07, 6.45) is 0. The number of hydrogen-bond donors (Lipinski definition) is 0. The zero-order chi connectivity index (χ0) is 29.5. The Morgan fingerprint density at radius 2 is 0.750 bits per heavy atom. The van der Waals surface area contributed by atoms with Crippen LogP contribution in [0.15, 0.2) is 48.5 Å². The van der Waals surface area contributed by atoms with Crippen LogP contribution in [0, 0.1) is 0 Å². The summed E-state index contributed by atoms with van der Waals surface area (Å²) in [7, 11) is -2.93. The molecule has 0 spiro atoms. The van der Waals surface area contributed by atoms with Gasteiger partial charge in [0.15, 0.2) is 16.6 Å². The van der Waals surface area contributed by atoms with Crippen LogP contribution in [0.3, 0.4) is 0 Å². The predicted octanol–water partition coefficient (Wildman–Crippen LogP) is 6.52. The van der Waals surface area contributed by atoms with E-state index >= 15 is 0 Å². The molecule has 0 amide bonds. The number of hydrogen-bond acceptors (Lipinski definition) is 7. The molecular weight excluding hydrogens is 541 g/mol. The lowest BCUT2D eigenvalue weighted by Crippen LogP contribution is -2.27. The van der Waals surface area contributed by atoms with Crippen LogP contribution in [0.2, 0.25) is 39.3 Å². The Balaban J connectivity index is 1.65. The Morgan fingerprint density at radius 3 is 1.07 bits per heavy atom. The van der Waals surface area contributed by atoms with Crippen molar-refractivity contribution < 1.29 is 32.5 Å². The zero-order valence-corrected chi connectivity index (χ0v) is 28.0. The molecule has 0 aliphatic rings. The first-order chi connectivity index (χ1) is 18.9. The van der Waals surface area contributed by atoms with Crippen LogP contribution in [0.4, 0.5) is 0 Å². The third-order valence-corrected chi connectivity index (χ3v) is 8.18. The highest BCUT2D eigenvalue weighted by Crippen LogP contribution is 2.33. The Labute approximate surface area is 244 Å². The summed E-state index contributed by atoms with van der Waals surface area (Å²) in [5.41, 5.74) is 2.28. The lowest BCUT2D eigenvalue weighted by molar-refractivity contribution is 0.0266. The van der Waals surface area contributed by atoms with Gasteiger partial charge in [0.2, 0.25) is 0 Å². The van der Waals surface area contributed by atoms with Crippen LogP contribution in [0.1, 0.15) is 25.0 Å². The molecule has 0 radical (unpaired) electrons. The Morgan fingerprint density at radius 1 is 0.450 bits per heavy atom. The topological polar surface area (TPSA) is 64.6 Å². The molecule has 0 atom stereocenters. The van der Waals surface area contributed by atoms with E-state index in [0.29, 0.717) is 66.1 Å². The average molecular weight is 593 g/mol. The molecule has 0 aliphatic heterocycles. The molecule has 40 heavy (non-hydrogen) atoms. The standard InChI is InChI=1S/C31H52O7Si2/c1-31(2,28-11-15-30(16-12-28)36-24-20-34-22-26-38-40(6,7)8)27-9-13-29(14-10-27)35-23-19-32-17-18-33-21-25-37-39(3,4)5/h9-16H,17-26H2,1-8H3. The number of ether oxygens (including phenoxy) is 5. The van der Waals surface area contributed by atoms with Gasteiger partial charge in [0, 0.05) is 5.41 Å². The van der Waals surface area contributed by atoms with Crippen LogP contribution >= 0.6 is 0 Å². The minimum Gasteiger partial charge on any atom is -0.491 e. The summed E-state index contributed by atoms with van der Waals surface area (Å²) < 4.78 is 40.0. The minimum atomic E-state index is -1.47. The van der Waals surface area contributed by atoms with Gasteiger partial charge in [0.25, 0.3) is 0 Å². The first-order valence-corrected chi connectivity index (χ1v) is 21.2. The molecule has 2 aromatic carbocycles. The van der Waals surface area contributed by atoms with Crippen LogP contribution in [-0.4, -0.2) is 82.7 Å². The maximum absolute atomic E-state index is 5.85. The van der Waals surface area contributed by atoms with Gasteiger partial charge in [-0.15, -0.1) is 0 Å². The normalized spacial score (nSPS) is 12.5. The van der Waals surface area contributed by atoms with Crippen LogP contribution < -0.4 is 9.47 Å². The summed E-state index contributed by atoms with van der Waals surface area (Å²) >= 11 is 0. The van der Waals surface area contributed by atoms with Crippen molar-refractivity contribution in [2.24, 2.45) is 0 Å². The molecule has 226 valence electrons. The SMILES string of the molecule is CC(C)(c1ccc(OCCOCCOCCO[Si](C)(C)C)cc1)c1ccc(OCCOCCO[Si](C)(C)C)cc1. The monoisotopic (exact) mass is 592 g/mol. The molecule has 7 nitrogen and oxygen atoms in total. The van der Waals surface area contributed by atoms with E-state index < -0.39 is 16.6 Å². The van der Waals surface area contributed by atoms with Crippen molar-refractivity contribution in [1.29, 1.82) is 0 Å². The maximum atomic E-state index is 5.85. The Bertz CT molecular complexity index is 936. The first kappa shape index (κ1) is 34.5. The van der Waals surface area contributed by atoms with Crippen molar-refractivity contribution in [1.82, 2.24) is 0 Å². The van der Waals surface area contributed by atoms with Gasteiger partial charge in [0.05, 0.1) is 52.9 Å². The molecule has 0 saturated carbocycles. The third kappa shape index (κ3) is 14.8. The molecule has 0 aromatic heterocycles. The summed E-state index contributed by atoms with van der Waals surface area (Å²) in [5.74, 6) is 1.68. The Hall–Kier alpha value is -1.73. The molecule has 0 heterocycles. The predicted molar refractivity (Wildman–Crippen MR) is 167 cm³/mol. The van der Waals surface area contributed by atoms with E-state index in [4.69, 9.17) is 32.5 Å². The fraction of sp³-hybridized carbons (Fsp3) is 0.613. The molecular formula is C31H52O7Si2. The van der Waals surface area contributed by atoms with Crippen molar-refractivity contribution in [2.75, 3.05) is 66.1 Å². The summed E-state index contributed by atoms with van der Waals surface area (Å²) in [4.78, 5) is 0. The molecule has 2 rings (SSSR count). The molecule has 0 bridgehead atoms. The molecule has 0 N–H and O–H groups in total. The van der Waals surface area contributed by atoms with Gasteiger partial charge in [-0.2, -0.15) is 0 Å². The number of rotatable bonds is 21. The molecule has 0 fully saturated rings. The van der Waals surface area contributed by atoms with E-state index in [0.717, 1.165) is 11.5 Å². The zero-order valence-electron chi connectivity index (χ0n) is 26.0. The van der Waals surface area contributed by atoms with Crippen LogP contribution in [0.25, 0.3) is 0 Å². The quantitative estimate of drug-likeness (QED) is 0.121. The van der Waals surface area contributed by atoms with E-state index in [-0.39, 0.29) is 5.41 Å². The van der Waals surface area contributed by atoms with Crippen molar-refractivity contribution in [2.45, 2.75) is 58.5 Å². The molecule has 9 heteroatoms. The first-order valence-electron chi connectivity index (χ1n) is 14.3. The fourth-order valence-corrected chi connectivity index (χ4v) is 5.17. The van der Waals surface area contributed by atoms with Gasteiger partial charge in [-0.25, -0.2) is 0 Å². The lowest BCUT2D eigenvalue weighted by atomic mass is 9.78. The van der Waals surface area contributed by atoms with Gasteiger partial charge < -0.3 is 32.5 Å². The Kier molecular flexibility index (Phi) is 14.9. The second kappa shape index (κ2) is 17.3. The highest BCUT2D eigenvalue weighted by atomic mass is 28.4. The summed E-state index contributed by atoms with van der Waals surface area (Å²) in [6.45, 7) is 23.2.